The quantitative estimate of drug-likeness (QED) is 0.323. The third kappa shape index (κ3) is 5.10. The molecule has 0 spiro atoms. The number of nitrogens with one attached hydrogen (secondary N) is 1. The van der Waals surface area contributed by atoms with Gasteiger partial charge in [-0.1, -0.05) is 0 Å². The summed E-state index contributed by atoms with van der Waals surface area (Å²) in [6, 6.07) is 4.34. The number of benzene rings is 1. The van der Waals surface area contributed by atoms with Gasteiger partial charge in [0.1, 0.15) is 11.0 Å². The molecule has 3 aromatic heterocycles. The van der Waals surface area contributed by atoms with Crippen molar-refractivity contribution in [2.45, 2.75) is 12.9 Å². The Balaban J connectivity index is 1.58. The molecule has 0 atom stereocenters. The molecule has 0 unspecified atom stereocenters. The summed E-state index contributed by atoms with van der Waals surface area (Å²) in [5.74, 6) is -1.81. The summed E-state index contributed by atoms with van der Waals surface area (Å²) in [7, 11) is 2.00. The normalized spacial score (nSPS) is 14.8. The number of carboxylic acid groups (broad SMARTS) is 1. The number of anilines is 3. The molecule has 0 radical (unpaired) electrons. The van der Waals surface area contributed by atoms with Gasteiger partial charge in [0.25, 0.3) is 0 Å². The first-order chi connectivity index (χ1) is 18.1. The topological polar surface area (TPSA) is 142 Å². The minimum atomic E-state index is -4.92. The van der Waals surface area contributed by atoms with Crippen molar-refractivity contribution in [1.82, 2.24) is 29.6 Å². The van der Waals surface area contributed by atoms with E-state index < -0.39 is 18.1 Å². The molecular formula is C23H23F3N8O4. The number of rotatable bonds is 7. The van der Waals surface area contributed by atoms with Gasteiger partial charge in [0, 0.05) is 38.1 Å². The fourth-order valence-electron chi connectivity index (χ4n) is 4.31. The first-order valence-electron chi connectivity index (χ1n) is 11.6. The molecule has 1 fully saturated rings. The van der Waals surface area contributed by atoms with E-state index in [0.717, 1.165) is 13.1 Å². The maximum absolute atomic E-state index is 13.1. The Hall–Kier alpha value is -4.24. The van der Waals surface area contributed by atoms with Gasteiger partial charge in [-0.3, -0.25) is 9.67 Å². The molecule has 1 saturated heterocycles. The number of ether oxygens (including phenoxy) is 1. The van der Waals surface area contributed by atoms with E-state index in [-0.39, 0.29) is 41.4 Å². The van der Waals surface area contributed by atoms with Crippen LogP contribution in [0, 0.1) is 0 Å². The molecule has 1 aromatic carbocycles. The van der Waals surface area contributed by atoms with Gasteiger partial charge in [0.2, 0.25) is 5.95 Å². The molecule has 0 bridgehead atoms. The maximum atomic E-state index is 13.1. The minimum Gasteiger partial charge on any atom is -0.476 e. The Morgan fingerprint density at radius 1 is 1.16 bits per heavy atom. The van der Waals surface area contributed by atoms with Gasteiger partial charge in [-0.05, 0) is 25.2 Å². The highest BCUT2D eigenvalue weighted by Gasteiger charge is 2.32. The standard InChI is InChI=1S/C23H23F3N8O4/c1-32-4-6-33(7-5-32)13-2-3-17(38-23(24,25)26)15(10-13)29-22-28-12-16-19(30-22)20-14(11-27-16)18(21(36)37)31-34(20)8-9-35/h2-3,10-12,35H,4-9H2,1H3,(H,36,37)(H,28,29,30). The summed E-state index contributed by atoms with van der Waals surface area (Å²) >= 11 is 0. The van der Waals surface area contributed by atoms with Crippen LogP contribution in [-0.2, 0) is 6.54 Å². The number of carbonyl (C=O) groups is 1. The van der Waals surface area contributed by atoms with Crippen LogP contribution in [0.5, 0.6) is 5.75 Å². The van der Waals surface area contributed by atoms with Gasteiger partial charge < -0.3 is 30.1 Å². The third-order valence-corrected chi connectivity index (χ3v) is 6.13. The molecule has 1 aliphatic heterocycles. The monoisotopic (exact) mass is 532 g/mol. The van der Waals surface area contributed by atoms with Crippen LogP contribution in [0.3, 0.4) is 0 Å². The summed E-state index contributed by atoms with van der Waals surface area (Å²) in [6.07, 6.45) is -2.24. The zero-order chi connectivity index (χ0) is 27.0. The maximum Gasteiger partial charge on any atom is 0.573 e. The number of carboxylic acids is 1. The number of fused-ring (bicyclic) bond motifs is 3. The zero-order valence-corrected chi connectivity index (χ0v) is 20.1. The number of aromatic nitrogens is 5. The average Bonchev–Trinajstić information content (AvgIpc) is 3.24. The largest absolute Gasteiger partial charge is 0.573 e. The molecular weight excluding hydrogens is 509 g/mol. The predicted octanol–water partition coefficient (Wildman–Crippen LogP) is 2.46. The summed E-state index contributed by atoms with van der Waals surface area (Å²) in [6.45, 7) is 2.69. The number of alkyl halides is 3. The van der Waals surface area contributed by atoms with Crippen molar-refractivity contribution in [3.05, 3.63) is 36.3 Å². The smallest absolute Gasteiger partial charge is 0.476 e. The van der Waals surface area contributed by atoms with Gasteiger partial charge in [-0.15, -0.1) is 13.2 Å². The van der Waals surface area contributed by atoms with Crippen molar-refractivity contribution < 1.29 is 32.9 Å². The average molecular weight is 532 g/mol. The first kappa shape index (κ1) is 25.4. The van der Waals surface area contributed by atoms with Crippen molar-refractivity contribution >= 4 is 45.2 Å². The van der Waals surface area contributed by atoms with Crippen LogP contribution in [0.4, 0.5) is 30.5 Å². The van der Waals surface area contributed by atoms with E-state index in [2.05, 4.69) is 39.9 Å². The lowest BCUT2D eigenvalue weighted by atomic mass is 10.2. The second kappa shape index (κ2) is 9.90. The van der Waals surface area contributed by atoms with Crippen LogP contribution >= 0.6 is 0 Å². The Labute approximate surface area is 213 Å². The number of pyridine rings is 1. The Bertz CT molecular complexity index is 1500. The summed E-state index contributed by atoms with van der Waals surface area (Å²) < 4.78 is 45.0. The van der Waals surface area contributed by atoms with Gasteiger partial charge in [0.15, 0.2) is 11.4 Å². The number of hydrogen-bond acceptors (Lipinski definition) is 10. The lowest BCUT2D eigenvalue weighted by Crippen LogP contribution is -2.44. The number of aromatic carboxylic acids is 1. The van der Waals surface area contributed by atoms with Gasteiger partial charge in [-0.25, -0.2) is 14.8 Å². The highest BCUT2D eigenvalue weighted by atomic mass is 19.4. The van der Waals surface area contributed by atoms with Crippen LogP contribution in [0.1, 0.15) is 10.5 Å². The Kier molecular flexibility index (Phi) is 6.62. The van der Waals surface area contributed by atoms with E-state index in [1.165, 1.54) is 29.2 Å². The molecule has 15 heteroatoms. The van der Waals surface area contributed by atoms with E-state index in [4.69, 9.17) is 0 Å². The van der Waals surface area contributed by atoms with Gasteiger partial charge >= 0.3 is 12.3 Å². The second-order valence-corrected chi connectivity index (χ2v) is 8.69. The lowest BCUT2D eigenvalue weighted by Gasteiger charge is -2.34. The van der Waals surface area contributed by atoms with Crippen molar-refractivity contribution in [3.63, 3.8) is 0 Å². The summed E-state index contributed by atoms with van der Waals surface area (Å²) in [4.78, 5) is 28.7. The molecule has 0 aliphatic carbocycles. The number of nitrogens with zero attached hydrogens (tertiary/aromatic N) is 7. The molecule has 0 amide bonds. The van der Waals surface area contributed by atoms with Gasteiger partial charge in [-0.2, -0.15) is 5.10 Å². The number of hydrogen-bond donors (Lipinski definition) is 3. The van der Waals surface area contributed by atoms with E-state index in [1.807, 2.05) is 7.05 Å². The highest BCUT2D eigenvalue weighted by Crippen LogP contribution is 2.36. The van der Waals surface area contributed by atoms with Crippen LogP contribution < -0.4 is 15.0 Å². The molecule has 5 rings (SSSR count). The van der Waals surface area contributed by atoms with Crippen LogP contribution in [0.25, 0.3) is 21.9 Å². The molecule has 4 heterocycles. The number of halogens is 3. The number of aliphatic hydroxyl groups excluding tert-OH is 1. The van der Waals surface area contributed by atoms with Crippen molar-refractivity contribution in [2.24, 2.45) is 0 Å². The molecule has 0 saturated carbocycles. The third-order valence-electron chi connectivity index (χ3n) is 6.13. The van der Waals surface area contributed by atoms with Crippen LogP contribution in [-0.4, -0.2) is 92.0 Å². The highest BCUT2D eigenvalue weighted by molar-refractivity contribution is 6.09. The Morgan fingerprint density at radius 2 is 1.92 bits per heavy atom. The summed E-state index contributed by atoms with van der Waals surface area (Å²) in [5, 5.41) is 26.0. The van der Waals surface area contributed by atoms with Crippen LogP contribution in [0.15, 0.2) is 30.6 Å². The number of piperazine rings is 1. The first-order valence-corrected chi connectivity index (χ1v) is 11.6. The molecule has 200 valence electrons. The van der Waals surface area contributed by atoms with Crippen LogP contribution in [0.2, 0.25) is 0 Å². The SMILES string of the molecule is CN1CCN(c2ccc(OC(F)(F)F)c(Nc3ncc4ncc5c(C(=O)O)nn(CCO)c5c4n3)c2)CC1. The molecule has 38 heavy (non-hydrogen) atoms. The van der Waals surface area contributed by atoms with E-state index in [9.17, 15) is 28.2 Å². The number of aliphatic hydroxyl groups is 1. The van der Waals surface area contributed by atoms with E-state index >= 15 is 0 Å². The minimum absolute atomic E-state index is 0.00618. The van der Waals surface area contributed by atoms with Crippen molar-refractivity contribution in [1.29, 1.82) is 0 Å². The number of likely N-dealkylation sites (N-methyl/N-ethyl adjacent to an activating group) is 1. The fourth-order valence-corrected chi connectivity index (χ4v) is 4.31. The van der Waals surface area contributed by atoms with E-state index in [0.29, 0.717) is 29.8 Å². The zero-order valence-electron chi connectivity index (χ0n) is 20.1. The molecule has 12 nitrogen and oxygen atoms in total. The fraction of sp³-hybridized carbons (Fsp3) is 0.348. The molecule has 1 aliphatic rings. The molecule has 3 N–H and O–H groups in total. The van der Waals surface area contributed by atoms with Crippen molar-refractivity contribution in [3.8, 4) is 5.75 Å². The predicted molar refractivity (Wildman–Crippen MR) is 131 cm³/mol. The van der Waals surface area contributed by atoms with Gasteiger partial charge in [0.05, 0.1) is 35.9 Å². The molecule has 4 aromatic rings. The second-order valence-electron chi connectivity index (χ2n) is 8.69. The van der Waals surface area contributed by atoms with Crippen molar-refractivity contribution in [2.75, 3.05) is 50.1 Å². The lowest BCUT2D eigenvalue weighted by molar-refractivity contribution is -0.274. The van der Waals surface area contributed by atoms with E-state index in [1.54, 1.807) is 6.07 Å². The summed E-state index contributed by atoms with van der Waals surface area (Å²) in [5.41, 5.74) is 1.24. The Morgan fingerprint density at radius 3 is 2.61 bits per heavy atom.